The second-order valence-electron chi connectivity index (χ2n) is 5.69. The fourth-order valence-electron chi connectivity index (χ4n) is 1.71. The first-order valence-corrected chi connectivity index (χ1v) is 6.17. The van der Waals surface area contributed by atoms with E-state index in [1.165, 1.54) is 0 Å². The standard InChI is InChI=1S/C12H25N3O.2ClH/c1-12(2,3)4-5-14-11(16)10-15-8-6-13-7-9-15;;/h13H,4-10H2,1-3H3,(H,14,16);2*1H. The summed E-state index contributed by atoms with van der Waals surface area (Å²) in [5.41, 5.74) is 0.294. The lowest BCUT2D eigenvalue weighted by molar-refractivity contribution is -0.122. The molecule has 110 valence electrons. The van der Waals surface area contributed by atoms with Crippen molar-refractivity contribution >= 4 is 30.7 Å². The summed E-state index contributed by atoms with van der Waals surface area (Å²) in [6.45, 7) is 11.9. The molecule has 18 heavy (non-hydrogen) atoms. The van der Waals surface area contributed by atoms with Gasteiger partial charge in [0.05, 0.1) is 6.54 Å². The molecule has 2 N–H and O–H groups in total. The fraction of sp³-hybridized carbons (Fsp3) is 0.917. The zero-order valence-electron chi connectivity index (χ0n) is 11.6. The van der Waals surface area contributed by atoms with Gasteiger partial charge in [-0.15, -0.1) is 24.8 Å². The zero-order valence-corrected chi connectivity index (χ0v) is 13.3. The first-order valence-electron chi connectivity index (χ1n) is 6.17. The van der Waals surface area contributed by atoms with E-state index in [2.05, 4.69) is 36.3 Å². The van der Waals surface area contributed by atoms with Gasteiger partial charge in [0.15, 0.2) is 0 Å². The Balaban J connectivity index is 0. The van der Waals surface area contributed by atoms with Gasteiger partial charge in [0.1, 0.15) is 0 Å². The second kappa shape index (κ2) is 9.84. The smallest absolute Gasteiger partial charge is 0.234 e. The number of hydrogen-bond donors (Lipinski definition) is 2. The highest BCUT2D eigenvalue weighted by atomic mass is 35.5. The van der Waals surface area contributed by atoms with E-state index in [4.69, 9.17) is 0 Å². The Morgan fingerprint density at radius 3 is 2.28 bits per heavy atom. The third kappa shape index (κ3) is 9.95. The van der Waals surface area contributed by atoms with E-state index < -0.39 is 0 Å². The van der Waals surface area contributed by atoms with E-state index in [1.54, 1.807) is 0 Å². The quantitative estimate of drug-likeness (QED) is 0.822. The van der Waals surface area contributed by atoms with Crippen molar-refractivity contribution in [2.24, 2.45) is 5.41 Å². The maximum Gasteiger partial charge on any atom is 0.234 e. The molecule has 1 heterocycles. The number of carbonyl (C=O) groups is 1. The SMILES string of the molecule is CC(C)(C)CCNC(=O)CN1CCNCC1.Cl.Cl. The average molecular weight is 300 g/mol. The average Bonchev–Trinajstić information content (AvgIpc) is 2.17. The summed E-state index contributed by atoms with van der Waals surface area (Å²) >= 11 is 0. The van der Waals surface area contributed by atoms with Gasteiger partial charge in [0.2, 0.25) is 5.91 Å². The summed E-state index contributed by atoms with van der Waals surface area (Å²) in [6.07, 6.45) is 1.03. The predicted octanol–water partition coefficient (Wildman–Crippen LogP) is 1.29. The summed E-state index contributed by atoms with van der Waals surface area (Å²) in [5.74, 6) is 0.158. The Morgan fingerprint density at radius 2 is 1.78 bits per heavy atom. The van der Waals surface area contributed by atoms with Crippen molar-refractivity contribution in [2.45, 2.75) is 27.2 Å². The van der Waals surface area contributed by atoms with Crippen LogP contribution in [0.25, 0.3) is 0 Å². The molecule has 0 spiro atoms. The molecule has 1 fully saturated rings. The normalized spacial score (nSPS) is 16.4. The van der Waals surface area contributed by atoms with Crippen LogP contribution in [0.5, 0.6) is 0 Å². The Morgan fingerprint density at radius 1 is 1.22 bits per heavy atom. The van der Waals surface area contributed by atoms with E-state index in [-0.39, 0.29) is 30.7 Å². The molecule has 1 aliphatic rings. The van der Waals surface area contributed by atoms with Crippen LogP contribution in [0, 0.1) is 5.41 Å². The molecule has 0 atom stereocenters. The minimum Gasteiger partial charge on any atom is -0.355 e. The van der Waals surface area contributed by atoms with Crippen molar-refractivity contribution in [2.75, 3.05) is 39.3 Å². The Kier molecular flexibility index (Phi) is 11.1. The van der Waals surface area contributed by atoms with Crippen molar-refractivity contribution in [3.05, 3.63) is 0 Å². The third-order valence-electron chi connectivity index (χ3n) is 2.77. The molecule has 0 saturated carbocycles. The molecular formula is C12H27Cl2N3O. The van der Waals surface area contributed by atoms with E-state index in [1.807, 2.05) is 0 Å². The van der Waals surface area contributed by atoms with Gasteiger partial charge in [-0.25, -0.2) is 0 Å². The Bertz CT molecular complexity index is 226. The van der Waals surface area contributed by atoms with Crippen molar-refractivity contribution in [3.63, 3.8) is 0 Å². The Labute approximate surface area is 123 Å². The molecule has 4 nitrogen and oxygen atoms in total. The van der Waals surface area contributed by atoms with Gasteiger partial charge in [0, 0.05) is 32.7 Å². The highest BCUT2D eigenvalue weighted by molar-refractivity contribution is 5.85. The number of carbonyl (C=O) groups excluding carboxylic acids is 1. The van der Waals surface area contributed by atoms with Crippen molar-refractivity contribution in [1.29, 1.82) is 0 Å². The predicted molar refractivity (Wildman–Crippen MR) is 80.9 cm³/mol. The molecule has 0 bridgehead atoms. The van der Waals surface area contributed by atoms with Gasteiger partial charge in [-0.3, -0.25) is 9.69 Å². The largest absolute Gasteiger partial charge is 0.355 e. The number of nitrogens with one attached hydrogen (secondary N) is 2. The molecule has 1 amide bonds. The van der Waals surface area contributed by atoms with E-state index in [0.29, 0.717) is 12.0 Å². The maximum absolute atomic E-state index is 11.6. The lowest BCUT2D eigenvalue weighted by Gasteiger charge is -2.26. The fourth-order valence-corrected chi connectivity index (χ4v) is 1.71. The van der Waals surface area contributed by atoms with Crippen LogP contribution in [-0.4, -0.2) is 50.1 Å². The Hall–Kier alpha value is -0.0300. The van der Waals surface area contributed by atoms with Crippen molar-refractivity contribution < 1.29 is 4.79 Å². The van der Waals surface area contributed by atoms with Crippen molar-refractivity contribution in [3.8, 4) is 0 Å². The summed E-state index contributed by atoms with van der Waals surface area (Å²) in [6, 6.07) is 0. The lowest BCUT2D eigenvalue weighted by atomic mass is 9.92. The van der Waals surface area contributed by atoms with Crippen LogP contribution in [-0.2, 0) is 4.79 Å². The highest BCUT2D eigenvalue weighted by Crippen LogP contribution is 2.16. The maximum atomic E-state index is 11.6. The molecule has 0 aromatic heterocycles. The monoisotopic (exact) mass is 299 g/mol. The molecule has 1 rings (SSSR count). The van der Waals surface area contributed by atoms with Crippen molar-refractivity contribution in [1.82, 2.24) is 15.5 Å². The first-order chi connectivity index (χ1) is 7.47. The molecule has 0 radical (unpaired) electrons. The van der Waals surface area contributed by atoms with Gasteiger partial charge >= 0.3 is 0 Å². The van der Waals surface area contributed by atoms with Gasteiger partial charge in [0.25, 0.3) is 0 Å². The zero-order chi connectivity index (χ0) is 12.0. The summed E-state index contributed by atoms with van der Waals surface area (Å²) in [7, 11) is 0. The van der Waals surface area contributed by atoms with Crippen LogP contribution in [0.3, 0.4) is 0 Å². The van der Waals surface area contributed by atoms with E-state index in [0.717, 1.165) is 39.1 Å². The van der Waals surface area contributed by atoms with Gasteiger partial charge in [-0.1, -0.05) is 20.8 Å². The number of piperazine rings is 1. The van der Waals surface area contributed by atoms with Gasteiger partial charge in [-0.2, -0.15) is 0 Å². The molecule has 0 unspecified atom stereocenters. The minimum absolute atomic E-state index is 0. The molecule has 0 aliphatic carbocycles. The highest BCUT2D eigenvalue weighted by Gasteiger charge is 2.14. The third-order valence-corrected chi connectivity index (χ3v) is 2.77. The molecule has 0 aromatic carbocycles. The first kappa shape index (κ1) is 20.3. The number of hydrogen-bond acceptors (Lipinski definition) is 3. The van der Waals surface area contributed by atoms with E-state index in [9.17, 15) is 4.79 Å². The minimum atomic E-state index is 0. The summed E-state index contributed by atoms with van der Waals surface area (Å²) < 4.78 is 0. The second-order valence-corrected chi connectivity index (χ2v) is 5.69. The molecule has 1 aliphatic heterocycles. The van der Waals surface area contributed by atoms with Gasteiger partial charge < -0.3 is 10.6 Å². The van der Waals surface area contributed by atoms with Crippen LogP contribution in [0.2, 0.25) is 0 Å². The topological polar surface area (TPSA) is 44.4 Å². The summed E-state index contributed by atoms with van der Waals surface area (Å²) in [5, 5.41) is 6.26. The molecule has 1 saturated heterocycles. The number of nitrogens with zero attached hydrogens (tertiary/aromatic N) is 1. The van der Waals surface area contributed by atoms with Crippen LogP contribution >= 0.6 is 24.8 Å². The van der Waals surface area contributed by atoms with Gasteiger partial charge in [-0.05, 0) is 11.8 Å². The number of rotatable bonds is 4. The van der Waals surface area contributed by atoms with E-state index >= 15 is 0 Å². The molecular weight excluding hydrogens is 273 g/mol. The van der Waals surface area contributed by atoms with Crippen LogP contribution in [0.15, 0.2) is 0 Å². The van der Waals surface area contributed by atoms with Crippen LogP contribution in [0.1, 0.15) is 27.2 Å². The summed E-state index contributed by atoms with van der Waals surface area (Å²) in [4.78, 5) is 13.8. The lowest BCUT2D eigenvalue weighted by Crippen LogP contribution is -2.47. The van der Waals surface area contributed by atoms with Crippen LogP contribution < -0.4 is 10.6 Å². The molecule has 0 aromatic rings. The number of amides is 1. The number of halogens is 2. The molecule has 6 heteroatoms. The van der Waals surface area contributed by atoms with Crippen LogP contribution in [0.4, 0.5) is 0 Å².